The summed E-state index contributed by atoms with van der Waals surface area (Å²) in [6.07, 6.45) is 0. The molecule has 0 atom stereocenters. The number of hydrogen-bond acceptors (Lipinski definition) is 7. The molecule has 0 fully saturated rings. The summed E-state index contributed by atoms with van der Waals surface area (Å²) in [5, 5.41) is 13.2. The van der Waals surface area contributed by atoms with E-state index in [0.717, 1.165) is 4.88 Å². The van der Waals surface area contributed by atoms with Crippen LogP contribution < -0.4 is 11.2 Å². The second kappa shape index (κ2) is 7.49. The van der Waals surface area contributed by atoms with E-state index in [0.29, 0.717) is 22.2 Å². The second-order valence-corrected chi connectivity index (χ2v) is 6.98. The number of ketones is 1. The second-order valence-electron chi connectivity index (χ2n) is 5.09. The van der Waals surface area contributed by atoms with Crippen molar-refractivity contribution in [3.8, 4) is 10.7 Å². The topological polar surface area (TPSA) is 103 Å². The van der Waals surface area contributed by atoms with E-state index < -0.39 is 0 Å². The van der Waals surface area contributed by atoms with Gasteiger partial charge in [-0.15, -0.1) is 21.5 Å². The summed E-state index contributed by atoms with van der Waals surface area (Å²) in [4.78, 5) is 24.7. The quantitative estimate of drug-likeness (QED) is 0.391. The molecule has 1 aromatic carbocycles. The third kappa shape index (κ3) is 3.89. The molecule has 0 saturated carbocycles. The minimum Gasteiger partial charge on any atom is -0.335 e. The van der Waals surface area contributed by atoms with Gasteiger partial charge in [0.25, 0.3) is 0 Å². The van der Waals surface area contributed by atoms with Crippen molar-refractivity contribution in [2.24, 2.45) is 0 Å². The van der Waals surface area contributed by atoms with E-state index >= 15 is 0 Å². The third-order valence-corrected chi connectivity index (χ3v) is 5.13. The molecule has 2 aromatic heterocycles. The van der Waals surface area contributed by atoms with Crippen molar-refractivity contribution in [1.29, 1.82) is 0 Å². The molecule has 3 rings (SSSR count). The molecule has 0 aliphatic carbocycles. The molecule has 0 aliphatic rings. The van der Waals surface area contributed by atoms with Gasteiger partial charge in [0.2, 0.25) is 11.1 Å². The van der Waals surface area contributed by atoms with Crippen LogP contribution in [0.1, 0.15) is 17.3 Å². The normalized spacial score (nSPS) is 10.6. The Balaban J connectivity index is 1.65. The highest BCUT2D eigenvalue weighted by Crippen LogP contribution is 2.25. The molecule has 0 radical (unpaired) electrons. The summed E-state index contributed by atoms with van der Waals surface area (Å²) in [5.41, 5.74) is 0.969. The Kier molecular flexibility index (Phi) is 5.15. The average Bonchev–Trinajstić information content (AvgIpc) is 3.23. The van der Waals surface area contributed by atoms with Gasteiger partial charge in [-0.1, -0.05) is 30.0 Å². The van der Waals surface area contributed by atoms with Crippen molar-refractivity contribution in [2.45, 2.75) is 12.1 Å². The number of hydrogen-bond donors (Lipinski definition) is 2. The number of nitrogens with one attached hydrogen (secondary N) is 1. The lowest BCUT2D eigenvalue weighted by molar-refractivity contribution is -0.113. The minimum absolute atomic E-state index is 0.103. The number of benzene rings is 1. The lowest BCUT2D eigenvalue weighted by Gasteiger charge is -2.08. The van der Waals surface area contributed by atoms with Crippen molar-refractivity contribution in [2.75, 3.05) is 16.9 Å². The molecule has 0 aliphatic heterocycles. The molecule has 9 heteroatoms. The maximum absolute atomic E-state index is 12.2. The number of anilines is 1. The van der Waals surface area contributed by atoms with Gasteiger partial charge in [0.05, 0.1) is 16.3 Å². The molecule has 3 N–H and O–H groups in total. The molecular weight excluding hydrogens is 358 g/mol. The van der Waals surface area contributed by atoms with Crippen molar-refractivity contribution in [3.05, 3.63) is 47.3 Å². The van der Waals surface area contributed by atoms with E-state index in [4.69, 9.17) is 5.84 Å². The van der Waals surface area contributed by atoms with Crippen LogP contribution in [-0.2, 0) is 4.79 Å². The minimum atomic E-state index is -0.251. The highest BCUT2D eigenvalue weighted by molar-refractivity contribution is 7.99. The van der Waals surface area contributed by atoms with Crippen LogP contribution >= 0.6 is 23.1 Å². The summed E-state index contributed by atoms with van der Waals surface area (Å²) < 4.78 is 1.37. The number of carbonyl (C=O) groups excluding carboxylic acids is 2. The van der Waals surface area contributed by atoms with Crippen molar-refractivity contribution in [3.63, 3.8) is 0 Å². The monoisotopic (exact) mass is 373 g/mol. The van der Waals surface area contributed by atoms with Crippen LogP contribution in [0.3, 0.4) is 0 Å². The summed E-state index contributed by atoms with van der Waals surface area (Å²) >= 11 is 2.69. The summed E-state index contributed by atoms with van der Waals surface area (Å²) in [6, 6.07) is 10.7. The molecule has 7 nitrogen and oxygen atoms in total. The van der Waals surface area contributed by atoms with Gasteiger partial charge in [0, 0.05) is 5.56 Å². The largest absolute Gasteiger partial charge is 0.335 e. The standard InChI is InChI=1S/C16H15N5O2S2/c1-10(22)11-5-2-3-6-12(11)18-14(23)9-25-16-20-19-15(21(16)17)13-7-4-8-24-13/h2-8H,9,17H2,1H3,(H,18,23). The third-order valence-electron chi connectivity index (χ3n) is 3.32. The molecule has 2 heterocycles. The van der Waals surface area contributed by atoms with E-state index in [1.165, 1.54) is 34.7 Å². The number of carbonyl (C=O) groups is 2. The van der Waals surface area contributed by atoms with Crippen molar-refractivity contribution >= 4 is 40.5 Å². The number of nitrogen functional groups attached to an aromatic ring is 1. The first-order valence-electron chi connectivity index (χ1n) is 7.33. The van der Waals surface area contributed by atoms with Gasteiger partial charge in [-0.2, -0.15) is 0 Å². The van der Waals surface area contributed by atoms with Gasteiger partial charge >= 0.3 is 0 Å². The number of thioether (sulfide) groups is 1. The van der Waals surface area contributed by atoms with Crippen LogP contribution in [0.5, 0.6) is 0 Å². The highest BCUT2D eigenvalue weighted by Gasteiger charge is 2.15. The Bertz CT molecular complexity index is 905. The molecule has 0 unspecified atom stereocenters. The van der Waals surface area contributed by atoms with E-state index in [1.807, 2.05) is 17.5 Å². The molecule has 128 valence electrons. The molecule has 3 aromatic rings. The number of nitrogens with two attached hydrogens (primary N) is 1. The maximum atomic E-state index is 12.2. The Morgan fingerprint density at radius 1 is 1.24 bits per heavy atom. The van der Waals surface area contributed by atoms with Gasteiger partial charge in [-0.3, -0.25) is 9.59 Å². The SMILES string of the molecule is CC(=O)c1ccccc1NC(=O)CSc1nnc(-c2cccs2)n1N. The Labute approximate surface area is 152 Å². The molecule has 0 saturated heterocycles. The molecule has 25 heavy (non-hydrogen) atoms. The lowest BCUT2D eigenvalue weighted by atomic mass is 10.1. The van der Waals surface area contributed by atoms with Crippen LogP contribution in [0.4, 0.5) is 5.69 Å². The Hall–Kier alpha value is -2.65. The fraction of sp³-hybridized carbons (Fsp3) is 0.125. The Morgan fingerprint density at radius 3 is 2.76 bits per heavy atom. The zero-order valence-electron chi connectivity index (χ0n) is 13.3. The van der Waals surface area contributed by atoms with Crippen LogP contribution in [0, 0.1) is 0 Å². The Morgan fingerprint density at radius 2 is 2.04 bits per heavy atom. The average molecular weight is 373 g/mol. The van der Waals surface area contributed by atoms with Crippen molar-refractivity contribution < 1.29 is 9.59 Å². The van der Waals surface area contributed by atoms with Crippen molar-refractivity contribution in [1.82, 2.24) is 14.9 Å². The van der Waals surface area contributed by atoms with Crippen LogP contribution in [0.15, 0.2) is 46.9 Å². The predicted octanol–water partition coefficient (Wildman–Crippen LogP) is 2.65. The van der Waals surface area contributed by atoms with Crippen LogP contribution in [0.25, 0.3) is 10.7 Å². The van der Waals surface area contributed by atoms with Gasteiger partial charge in [-0.25, -0.2) is 4.68 Å². The number of nitrogens with zero attached hydrogens (tertiary/aromatic N) is 3. The first-order chi connectivity index (χ1) is 12.1. The number of rotatable bonds is 6. The smallest absolute Gasteiger partial charge is 0.234 e. The van der Waals surface area contributed by atoms with E-state index in [2.05, 4.69) is 15.5 Å². The molecule has 0 spiro atoms. The highest BCUT2D eigenvalue weighted by atomic mass is 32.2. The number of Topliss-reactive ketones (excluding diaryl/α,β-unsaturated/α-hetero) is 1. The molecule has 0 bridgehead atoms. The van der Waals surface area contributed by atoms with Gasteiger partial charge in [0.15, 0.2) is 11.6 Å². The predicted molar refractivity (Wildman–Crippen MR) is 99.3 cm³/mol. The lowest BCUT2D eigenvalue weighted by Crippen LogP contribution is -2.17. The zero-order chi connectivity index (χ0) is 17.8. The van der Waals surface area contributed by atoms with Crippen LogP contribution in [-0.4, -0.2) is 32.3 Å². The summed E-state index contributed by atoms with van der Waals surface area (Å²) in [6.45, 7) is 1.46. The van der Waals surface area contributed by atoms with Gasteiger partial charge in [0.1, 0.15) is 0 Å². The maximum Gasteiger partial charge on any atom is 0.234 e. The first kappa shape index (κ1) is 17.2. The first-order valence-corrected chi connectivity index (χ1v) is 9.19. The fourth-order valence-electron chi connectivity index (χ4n) is 2.16. The zero-order valence-corrected chi connectivity index (χ0v) is 14.9. The summed E-state index contributed by atoms with van der Waals surface area (Å²) in [7, 11) is 0. The summed E-state index contributed by atoms with van der Waals surface area (Å²) in [5.74, 6) is 6.30. The van der Waals surface area contributed by atoms with Gasteiger partial charge in [-0.05, 0) is 30.5 Å². The van der Waals surface area contributed by atoms with Gasteiger partial charge < -0.3 is 11.2 Å². The number of aromatic nitrogens is 3. The fourth-order valence-corrected chi connectivity index (χ4v) is 3.53. The molecular formula is C16H15N5O2S2. The number of amides is 1. The number of para-hydroxylation sites is 1. The number of thiophene rings is 1. The van der Waals surface area contributed by atoms with Crippen LogP contribution in [0.2, 0.25) is 0 Å². The molecule has 1 amide bonds. The van der Waals surface area contributed by atoms with E-state index in [-0.39, 0.29) is 17.4 Å². The van der Waals surface area contributed by atoms with E-state index in [9.17, 15) is 9.59 Å². The van der Waals surface area contributed by atoms with E-state index in [1.54, 1.807) is 24.3 Å².